The number of fused-ring (bicyclic) bond motifs is 1. The Hall–Kier alpha value is -0.870. The molecule has 3 rings (SSSR count). The monoisotopic (exact) mass is 278 g/mol. The first-order chi connectivity index (χ1) is 9.16. The number of nitrogens with one attached hydrogen (secondary N) is 2. The summed E-state index contributed by atoms with van der Waals surface area (Å²) in [7, 11) is 0. The van der Waals surface area contributed by atoms with E-state index in [0.29, 0.717) is 0 Å². The molecule has 1 aromatic heterocycles. The maximum atomic E-state index is 12.4. The van der Waals surface area contributed by atoms with E-state index in [2.05, 4.69) is 23.6 Å². The number of thiophene rings is 1. The average Bonchev–Trinajstić information content (AvgIpc) is 2.91. The van der Waals surface area contributed by atoms with Crippen LogP contribution in [0.1, 0.15) is 52.7 Å². The molecule has 2 heterocycles. The van der Waals surface area contributed by atoms with Gasteiger partial charge in [-0.2, -0.15) is 0 Å². The second-order valence-corrected chi connectivity index (χ2v) is 7.20. The number of aryl methyl sites for hydroxylation is 2. The molecule has 2 N–H and O–H groups in total. The third-order valence-corrected chi connectivity index (χ3v) is 5.49. The van der Waals surface area contributed by atoms with Crippen molar-refractivity contribution in [3.05, 3.63) is 21.4 Å². The van der Waals surface area contributed by atoms with Gasteiger partial charge in [0.05, 0.1) is 10.4 Å². The van der Waals surface area contributed by atoms with E-state index in [1.165, 1.54) is 29.7 Å². The van der Waals surface area contributed by atoms with Crippen molar-refractivity contribution in [2.45, 2.75) is 51.0 Å². The molecule has 2 aliphatic rings. The zero-order valence-electron chi connectivity index (χ0n) is 11.6. The van der Waals surface area contributed by atoms with Crippen molar-refractivity contribution < 1.29 is 4.79 Å². The maximum absolute atomic E-state index is 12.4. The summed E-state index contributed by atoms with van der Waals surface area (Å²) in [6.45, 7) is 4.00. The fourth-order valence-corrected chi connectivity index (χ4v) is 4.19. The number of hydrogen-bond donors (Lipinski definition) is 2. The summed E-state index contributed by atoms with van der Waals surface area (Å²) in [6, 6.07) is 2.13. The molecule has 1 amide bonds. The molecular weight excluding hydrogens is 256 g/mol. The molecule has 1 fully saturated rings. The van der Waals surface area contributed by atoms with Crippen molar-refractivity contribution in [1.82, 2.24) is 10.6 Å². The summed E-state index contributed by atoms with van der Waals surface area (Å²) in [5, 5.41) is 6.52. The number of rotatable bonds is 2. The molecule has 1 aliphatic heterocycles. The van der Waals surface area contributed by atoms with Crippen molar-refractivity contribution in [1.29, 1.82) is 0 Å². The van der Waals surface area contributed by atoms with Gasteiger partial charge in [-0.15, -0.1) is 11.3 Å². The normalized spacial score (nSPS) is 26.8. The highest BCUT2D eigenvalue weighted by atomic mass is 32.1. The van der Waals surface area contributed by atoms with Gasteiger partial charge in [-0.1, -0.05) is 6.42 Å². The molecular formula is C15H22N2OS. The van der Waals surface area contributed by atoms with Crippen molar-refractivity contribution in [2.75, 3.05) is 13.1 Å². The summed E-state index contributed by atoms with van der Waals surface area (Å²) >= 11 is 1.71. The van der Waals surface area contributed by atoms with Gasteiger partial charge >= 0.3 is 0 Å². The zero-order valence-corrected chi connectivity index (χ0v) is 12.4. The fourth-order valence-electron chi connectivity index (χ4n) is 3.04. The second-order valence-electron chi connectivity index (χ2n) is 6.06. The van der Waals surface area contributed by atoms with Crippen LogP contribution in [0.2, 0.25) is 0 Å². The van der Waals surface area contributed by atoms with E-state index in [1.807, 2.05) is 0 Å². The summed E-state index contributed by atoms with van der Waals surface area (Å²) in [6.07, 6.45) is 7.20. The van der Waals surface area contributed by atoms with Crippen LogP contribution >= 0.6 is 11.3 Å². The van der Waals surface area contributed by atoms with Crippen molar-refractivity contribution in [3.63, 3.8) is 0 Å². The SMILES string of the molecule is CC1(NC(=O)c2cc3c(s2)CCCCC3)CCNC1. The molecule has 0 saturated carbocycles. The third kappa shape index (κ3) is 2.84. The van der Waals surface area contributed by atoms with Gasteiger partial charge in [-0.05, 0) is 57.2 Å². The Morgan fingerprint density at radius 2 is 2.21 bits per heavy atom. The number of carbonyl (C=O) groups is 1. The van der Waals surface area contributed by atoms with Crippen LogP contribution in [0.15, 0.2) is 6.07 Å². The highest BCUT2D eigenvalue weighted by Gasteiger charge is 2.31. The fraction of sp³-hybridized carbons (Fsp3) is 0.667. The first-order valence-corrected chi connectivity index (χ1v) is 8.13. The number of hydrogen-bond acceptors (Lipinski definition) is 3. The minimum absolute atomic E-state index is 0.0710. The highest BCUT2D eigenvalue weighted by molar-refractivity contribution is 7.14. The average molecular weight is 278 g/mol. The topological polar surface area (TPSA) is 41.1 Å². The predicted octanol–water partition coefficient (Wildman–Crippen LogP) is 2.50. The van der Waals surface area contributed by atoms with Crippen molar-refractivity contribution in [3.8, 4) is 0 Å². The Bertz CT molecular complexity index is 451. The van der Waals surface area contributed by atoms with E-state index in [1.54, 1.807) is 11.3 Å². The lowest BCUT2D eigenvalue weighted by Gasteiger charge is -2.23. The molecule has 0 aromatic carbocycles. The second kappa shape index (κ2) is 5.25. The molecule has 1 atom stereocenters. The van der Waals surface area contributed by atoms with Crippen molar-refractivity contribution >= 4 is 17.2 Å². The Kier molecular flexibility index (Phi) is 3.63. The molecule has 0 radical (unpaired) electrons. The molecule has 1 aliphatic carbocycles. The molecule has 0 spiro atoms. The van der Waals surface area contributed by atoms with Crippen LogP contribution in [0.3, 0.4) is 0 Å². The van der Waals surface area contributed by atoms with E-state index in [4.69, 9.17) is 0 Å². The van der Waals surface area contributed by atoms with E-state index in [0.717, 1.165) is 37.2 Å². The summed E-state index contributed by atoms with van der Waals surface area (Å²) in [4.78, 5) is 14.7. The van der Waals surface area contributed by atoms with Gasteiger partial charge < -0.3 is 10.6 Å². The molecule has 1 unspecified atom stereocenters. The molecule has 4 heteroatoms. The van der Waals surface area contributed by atoms with Crippen LogP contribution in [-0.2, 0) is 12.8 Å². The van der Waals surface area contributed by atoms with Gasteiger partial charge in [0.25, 0.3) is 5.91 Å². The highest BCUT2D eigenvalue weighted by Crippen LogP contribution is 2.29. The minimum atomic E-state index is -0.0710. The van der Waals surface area contributed by atoms with Gasteiger partial charge in [-0.3, -0.25) is 4.79 Å². The van der Waals surface area contributed by atoms with E-state index in [9.17, 15) is 4.79 Å². The predicted molar refractivity (Wildman–Crippen MR) is 78.9 cm³/mol. The summed E-state index contributed by atoms with van der Waals surface area (Å²) < 4.78 is 0. The Balaban J connectivity index is 1.73. The molecule has 1 aromatic rings. The summed E-state index contributed by atoms with van der Waals surface area (Å²) in [5.41, 5.74) is 1.35. The Morgan fingerprint density at radius 3 is 3.00 bits per heavy atom. The Labute approximate surface area is 118 Å². The molecule has 0 bridgehead atoms. The van der Waals surface area contributed by atoms with Gasteiger partial charge in [0.1, 0.15) is 0 Å². The minimum Gasteiger partial charge on any atom is -0.345 e. The van der Waals surface area contributed by atoms with Gasteiger partial charge in [0.2, 0.25) is 0 Å². The number of carbonyl (C=O) groups excluding carboxylic acids is 1. The van der Waals surface area contributed by atoms with Gasteiger partial charge in [0.15, 0.2) is 0 Å². The summed E-state index contributed by atoms with van der Waals surface area (Å²) in [5.74, 6) is 0.115. The van der Waals surface area contributed by atoms with Crippen LogP contribution in [0, 0.1) is 0 Å². The lowest BCUT2D eigenvalue weighted by molar-refractivity contribution is 0.0917. The largest absolute Gasteiger partial charge is 0.345 e. The van der Waals surface area contributed by atoms with E-state index >= 15 is 0 Å². The van der Waals surface area contributed by atoms with Gasteiger partial charge in [0, 0.05) is 11.4 Å². The lowest BCUT2D eigenvalue weighted by atomic mass is 10.0. The van der Waals surface area contributed by atoms with Crippen LogP contribution < -0.4 is 10.6 Å². The molecule has 19 heavy (non-hydrogen) atoms. The molecule has 1 saturated heterocycles. The van der Waals surface area contributed by atoms with Crippen LogP contribution in [-0.4, -0.2) is 24.5 Å². The molecule has 3 nitrogen and oxygen atoms in total. The Morgan fingerprint density at radius 1 is 1.37 bits per heavy atom. The maximum Gasteiger partial charge on any atom is 0.261 e. The van der Waals surface area contributed by atoms with E-state index in [-0.39, 0.29) is 11.4 Å². The first-order valence-electron chi connectivity index (χ1n) is 7.31. The first kappa shape index (κ1) is 13.1. The van der Waals surface area contributed by atoms with Crippen LogP contribution in [0.5, 0.6) is 0 Å². The molecule has 104 valence electrons. The van der Waals surface area contributed by atoms with Crippen LogP contribution in [0.25, 0.3) is 0 Å². The zero-order chi connectivity index (χ0) is 13.3. The lowest BCUT2D eigenvalue weighted by Crippen LogP contribution is -2.47. The van der Waals surface area contributed by atoms with Crippen LogP contribution in [0.4, 0.5) is 0 Å². The quantitative estimate of drug-likeness (QED) is 0.816. The van der Waals surface area contributed by atoms with E-state index < -0.39 is 0 Å². The standard InChI is InChI=1S/C15H22N2OS/c1-15(7-8-16-10-15)17-14(18)13-9-11-5-3-2-4-6-12(11)19-13/h9,16H,2-8,10H2,1H3,(H,17,18). The van der Waals surface area contributed by atoms with Crippen molar-refractivity contribution in [2.24, 2.45) is 0 Å². The smallest absolute Gasteiger partial charge is 0.261 e. The number of amides is 1. The third-order valence-electron chi connectivity index (χ3n) is 4.25. The van der Waals surface area contributed by atoms with Gasteiger partial charge in [-0.25, -0.2) is 0 Å².